The highest BCUT2D eigenvalue weighted by Gasteiger charge is 2.35. The summed E-state index contributed by atoms with van der Waals surface area (Å²) in [4.78, 5) is 10.8. The Bertz CT molecular complexity index is 208. The van der Waals surface area contributed by atoms with Crippen LogP contribution in [0.25, 0.3) is 0 Å². The zero-order valence-electron chi connectivity index (χ0n) is 8.80. The van der Waals surface area contributed by atoms with Crippen molar-refractivity contribution in [3.8, 4) is 0 Å². The van der Waals surface area contributed by atoms with Crippen LogP contribution >= 0.6 is 11.8 Å². The Morgan fingerprint density at radius 1 is 1.40 bits per heavy atom. The van der Waals surface area contributed by atoms with E-state index in [4.69, 9.17) is 5.73 Å². The van der Waals surface area contributed by atoms with E-state index in [2.05, 4.69) is 0 Å². The fourth-order valence-corrected chi connectivity index (χ4v) is 2.25. The molecule has 0 aliphatic heterocycles. The lowest BCUT2D eigenvalue weighted by Gasteiger charge is -2.16. The van der Waals surface area contributed by atoms with E-state index in [0.29, 0.717) is 12.2 Å². The zero-order valence-corrected chi connectivity index (χ0v) is 9.62. The number of hydrogen-bond donors (Lipinski definition) is 1. The molecule has 0 aliphatic carbocycles. The minimum atomic E-state index is -4.15. The molecule has 6 heteroatoms. The summed E-state index contributed by atoms with van der Waals surface area (Å²) in [6.07, 6.45) is -3.58. The predicted molar refractivity (Wildman–Crippen MR) is 55.5 cm³/mol. The molecular formula is C9H16F3NOS. The number of alkyl halides is 3. The Labute approximate surface area is 91.8 Å². The maximum atomic E-state index is 12.1. The third kappa shape index (κ3) is 5.92. The second-order valence-electron chi connectivity index (χ2n) is 3.49. The molecule has 1 amide bonds. The molecule has 0 aromatic rings. The number of amides is 1. The molecule has 0 aromatic heterocycles. The van der Waals surface area contributed by atoms with Crippen molar-refractivity contribution in [1.29, 1.82) is 0 Å². The van der Waals surface area contributed by atoms with Gasteiger partial charge < -0.3 is 5.73 Å². The second kappa shape index (κ2) is 6.25. The van der Waals surface area contributed by atoms with E-state index < -0.39 is 18.0 Å². The lowest BCUT2D eigenvalue weighted by atomic mass is 10.1. The van der Waals surface area contributed by atoms with Gasteiger partial charge in [0.05, 0.1) is 5.92 Å². The first-order chi connectivity index (χ1) is 6.79. The smallest absolute Gasteiger partial charge is 0.369 e. The molecule has 0 aliphatic rings. The van der Waals surface area contributed by atoms with Gasteiger partial charge in [0.1, 0.15) is 0 Å². The number of hydrogen-bond acceptors (Lipinski definition) is 2. The molecule has 2 unspecified atom stereocenters. The summed E-state index contributed by atoms with van der Waals surface area (Å²) in [7, 11) is 0. The van der Waals surface area contributed by atoms with E-state index >= 15 is 0 Å². The van der Waals surface area contributed by atoms with Crippen molar-refractivity contribution in [1.82, 2.24) is 0 Å². The molecule has 2 N–H and O–H groups in total. The van der Waals surface area contributed by atoms with Crippen LogP contribution in [0.5, 0.6) is 0 Å². The summed E-state index contributed by atoms with van der Waals surface area (Å²) in [5, 5.41) is 0. The van der Waals surface area contributed by atoms with Crippen LogP contribution in [0, 0.1) is 11.8 Å². The van der Waals surface area contributed by atoms with Crippen LogP contribution in [-0.2, 0) is 4.79 Å². The lowest BCUT2D eigenvalue weighted by Crippen LogP contribution is -2.26. The van der Waals surface area contributed by atoms with Gasteiger partial charge in [-0.3, -0.25) is 4.79 Å². The number of carbonyl (C=O) groups is 1. The third-order valence-corrected chi connectivity index (χ3v) is 3.51. The van der Waals surface area contributed by atoms with Gasteiger partial charge in [-0.25, -0.2) is 0 Å². The summed E-state index contributed by atoms with van der Waals surface area (Å²) in [6.45, 7) is 2.93. The monoisotopic (exact) mass is 243 g/mol. The molecule has 0 saturated carbocycles. The molecule has 0 spiro atoms. The van der Waals surface area contributed by atoms with E-state index in [1.807, 2.05) is 0 Å². The Hall–Kier alpha value is -0.390. The molecule has 2 atom stereocenters. The molecule has 2 nitrogen and oxygen atoms in total. The van der Waals surface area contributed by atoms with Crippen molar-refractivity contribution in [3.63, 3.8) is 0 Å². The highest BCUT2D eigenvalue weighted by molar-refractivity contribution is 7.99. The van der Waals surface area contributed by atoms with E-state index in [-0.39, 0.29) is 11.7 Å². The standard InChI is InChI=1S/C9H16F3NOS/c1-3-7(8(13)14)5-15-4-6(2)9(10,11)12/h6-7H,3-5H2,1-2H3,(H2,13,14). The van der Waals surface area contributed by atoms with Gasteiger partial charge in [-0.1, -0.05) is 13.8 Å². The number of nitrogens with two attached hydrogens (primary N) is 1. The van der Waals surface area contributed by atoms with Crippen molar-refractivity contribution in [3.05, 3.63) is 0 Å². The van der Waals surface area contributed by atoms with Crippen molar-refractivity contribution >= 4 is 17.7 Å². The van der Waals surface area contributed by atoms with Gasteiger partial charge in [-0.2, -0.15) is 24.9 Å². The summed E-state index contributed by atoms with van der Waals surface area (Å²) < 4.78 is 36.3. The Kier molecular flexibility index (Phi) is 6.09. The fourth-order valence-electron chi connectivity index (χ4n) is 0.883. The summed E-state index contributed by atoms with van der Waals surface area (Å²) in [5.74, 6) is -1.76. The van der Waals surface area contributed by atoms with Crippen LogP contribution in [0.2, 0.25) is 0 Å². The highest BCUT2D eigenvalue weighted by Crippen LogP contribution is 2.29. The first-order valence-corrected chi connectivity index (χ1v) is 5.88. The molecule has 0 fully saturated rings. The molecular weight excluding hydrogens is 227 g/mol. The minimum absolute atomic E-state index is 0.0206. The molecule has 0 bridgehead atoms. The minimum Gasteiger partial charge on any atom is -0.369 e. The Morgan fingerprint density at radius 3 is 2.27 bits per heavy atom. The normalized spacial score (nSPS) is 16.1. The largest absolute Gasteiger partial charge is 0.392 e. The van der Waals surface area contributed by atoms with Crippen molar-refractivity contribution in [2.45, 2.75) is 26.4 Å². The number of primary amides is 1. The topological polar surface area (TPSA) is 43.1 Å². The summed E-state index contributed by atoms with van der Waals surface area (Å²) in [5.41, 5.74) is 5.08. The fraction of sp³-hybridized carbons (Fsp3) is 0.889. The summed E-state index contributed by atoms with van der Waals surface area (Å²) in [6, 6.07) is 0. The van der Waals surface area contributed by atoms with Gasteiger partial charge in [0, 0.05) is 17.4 Å². The molecule has 15 heavy (non-hydrogen) atoms. The second-order valence-corrected chi connectivity index (χ2v) is 4.56. The van der Waals surface area contributed by atoms with Gasteiger partial charge in [-0.15, -0.1) is 0 Å². The molecule has 0 rings (SSSR count). The Morgan fingerprint density at radius 2 is 1.93 bits per heavy atom. The molecule has 0 saturated heterocycles. The first kappa shape index (κ1) is 14.6. The third-order valence-electron chi connectivity index (χ3n) is 2.14. The van der Waals surface area contributed by atoms with Gasteiger partial charge >= 0.3 is 6.18 Å². The molecule has 0 aromatic carbocycles. The van der Waals surface area contributed by atoms with Crippen LogP contribution < -0.4 is 5.73 Å². The number of rotatable bonds is 6. The molecule has 90 valence electrons. The maximum absolute atomic E-state index is 12.1. The van der Waals surface area contributed by atoms with Gasteiger partial charge in [0.15, 0.2) is 0 Å². The van der Waals surface area contributed by atoms with Crippen LogP contribution in [0.3, 0.4) is 0 Å². The number of halogens is 3. The van der Waals surface area contributed by atoms with E-state index in [0.717, 1.165) is 18.7 Å². The van der Waals surface area contributed by atoms with E-state index in [1.165, 1.54) is 0 Å². The summed E-state index contributed by atoms with van der Waals surface area (Å²) >= 11 is 1.13. The predicted octanol–water partition coefficient (Wildman–Crippen LogP) is 2.43. The van der Waals surface area contributed by atoms with Crippen molar-refractivity contribution < 1.29 is 18.0 Å². The average Bonchev–Trinajstić information content (AvgIpc) is 2.09. The average molecular weight is 243 g/mol. The van der Waals surface area contributed by atoms with Crippen molar-refractivity contribution in [2.75, 3.05) is 11.5 Å². The van der Waals surface area contributed by atoms with Crippen LogP contribution in [0.1, 0.15) is 20.3 Å². The van der Waals surface area contributed by atoms with Crippen molar-refractivity contribution in [2.24, 2.45) is 17.6 Å². The van der Waals surface area contributed by atoms with Gasteiger partial charge in [-0.05, 0) is 6.42 Å². The molecule has 0 heterocycles. The van der Waals surface area contributed by atoms with Gasteiger partial charge in [0.2, 0.25) is 5.91 Å². The van der Waals surface area contributed by atoms with E-state index in [1.54, 1.807) is 6.92 Å². The quantitative estimate of drug-likeness (QED) is 0.778. The van der Waals surface area contributed by atoms with Crippen LogP contribution in [-0.4, -0.2) is 23.6 Å². The number of thioether (sulfide) groups is 1. The van der Waals surface area contributed by atoms with Crippen LogP contribution in [0.15, 0.2) is 0 Å². The van der Waals surface area contributed by atoms with Gasteiger partial charge in [0.25, 0.3) is 0 Å². The maximum Gasteiger partial charge on any atom is 0.392 e. The van der Waals surface area contributed by atoms with Crippen LogP contribution in [0.4, 0.5) is 13.2 Å². The van der Waals surface area contributed by atoms with E-state index in [9.17, 15) is 18.0 Å². The lowest BCUT2D eigenvalue weighted by molar-refractivity contribution is -0.162. The highest BCUT2D eigenvalue weighted by atomic mass is 32.2. The zero-order chi connectivity index (χ0) is 12.1. The number of carbonyl (C=O) groups excluding carboxylic acids is 1. The molecule has 0 radical (unpaired) electrons. The Balaban J connectivity index is 3.83. The SMILES string of the molecule is CCC(CSCC(C)C(F)(F)F)C(N)=O. The first-order valence-electron chi connectivity index (χ1n) is 4.72.